The topological polar surface area (TPSA) is 42.9 Å². The average molecular weight is 399 g/mol. The van der Waals surface area contributed by atoms with Crippen LogP contribution >= 0.6 is 34.9 Å². The van der Waals surface area contributed by atoms with Crippen molar-refractivity contribution >= 4 is 40.6 Å². The maximum absolute atomic E-state index is 12.4. The van der Waals surface area contributed by atoms with E-state index in [-0.39, 0.29) is 5.78 Å². The van der Waals surface area contributed by atoms with Gasteiger partial charge >= 0.3 is 0 Å². The molecule has 3 nitrogen and oxygen atoms in total. The van der Waals surface area contributed by atoms with Crippen molar-refractivity contribution in [3.05, 3.63) is 72.3 Å². The standard InChI is InChI=1S/C20H18N2OS3/c1-14(2)12-24-19-21-22-20(26-19)25-13-18(23)17-10-8-16(9-11-17)15-6-4-3-5-7-15/h3-11H,1,12-13H2,2H3. The number of nitrogens with zero attached hydrogens (tertiary/aromatic N) is 2. The zero-order valence-electron chi connectivity index (χ0n) is 14.3. The highest BCUT2D eigenvalue weighted by Gasteiger charge is 2.11. The lowest BCUT2D eigenvalue weighted by Gasteiger charge is -2.03. The Kier molecular flexibility index (Phi) is 6.66. The van der Waals surface area contributed by atoms with Gasteiger partial charge in [0.2, 0.25) is 0 Å². The van der Waals surface area contributed by atoms with Crippen LogP contribution in [0.1, 0.15) is 17.3 Å². The van der Waals surface area contributed by atoms with Gasteiger partial charge in [0.1, 0.15) is 0 Å². The van der Waals surface area contributed by atoms with Crippen molar-refractivity contribution in [1.82, 2.24) is 10.2 Å². The lowest BCUT2D eigenvalue weighted by molar-refractivity contribution is 0.102. The number of Topliss-reactive ketones (excluding diaryl/α,β-unsaturated/α-hetero) is 1. The van der Waals surface area contributed by atoms with E-state index < -0.39 is 0 Å². The smallest absolute Gasteiger partial charge is 0.175 e. The number of carbonyl (C=O) groups excluding carboxylic acids is 1. The van der Waals surface area contributed by atoms with Gasteiger partial charge in [-0.1, -0.05) is 102 Å². The van der Waals surface area contributed by atoms with Crippen molar-refractivity contribution in [3.8, 4) is 11.1 Å². The van der Waals surface area contributed by atoms with E-state index in [1.165, 1.54) is 23.1 Å². The summed E-state index contributed by atoms with van der Waals surface area (Å²) in [6.45, 7) is 5.87. The molecule has 0 bridgehead atoms. The van der Waals surface area contributed by atoms with Crippen molar-refractivity contribution in [2.24, 2.45) is 0 Å². The largest absolute Gasteiger partial charge is 0.293 e. The van der Waals surface area contributed by atoms with Crippen LogP contribution in [0.4, 0.5) is 0 Å². The summed E-state index contributed by atoms with van der Waals surface area (Å²) in [6.07, 6.45) is 0. The van der Waals surface area contributed by atoms with Gasteiger partial charge in [-0.2, -0.15) is 0 Å². The minimum Gasteiger partial charge on any atom is -0.293 e. The molecule has 3 rings (SSSR count). The van der Waals surface area contributed by atoms with Crippen LogP contribution in [0.3, 0.4) is 0 Å². The highest BCUT2D eigenvalue weighted by Crippen LogP contribution is 2.30. The first-order chi connectivity index (χ1) is 12.6. The lowest BCUT2D eigenvalue weighted by atomic mass is 10.0. The predicted molar refractivity (Wildman–Crippen MR) is 112 cm³/mol. The fraction of sp³-hybridized carbons (Fsp3) is 0.150. The SMILES string of the molecule is C=C(C)CSc1nnc(SCC(=O)c2ccc(-c3ccccc3)cc2)s1. The highest BCUT2D eigenvalue weighted by molar-refractivity contribution is 8.03. The summed E-state index contributed by atoms with van der Waals surface area (Å²) >= 11 is 4.59. The van der Waals surface area contributed by atoms with Gasteiger partial charge in [0.05, 0.1) is 5.75 Å². The van der Waals surface area contributed by atoms with Crippen molar-refractivity contribution < 1.29 is 4.79 Å². The Balaban J connectivity index is 1.56. The Morgan fingerprint density at radius 2 is 1.50 bits per heavy atom. The van der Waals surface area contributed by atoms with E-state index in [0.29, 0.717) is 5.75 Å². The first-order valence-corrected chi connectivity index (χ1v) is 10.8. The zero-order valence-corrected chi connectivity index (χ0v) is 16.8. The predicted octanol–water partition coefficient (Wildman–Crippen LogP) is 5.85. The first-order valence-electron chi connectivity index (χ1n) is 8.04. The lowest BCUT2D eigenvalue weighted by Crippen LogP contribution is -2.01. The molecule has 1 aromatic heterocycles. The van der Waals surface area contributed by atoms with Crippen molar-refractivity contribution in [3.63, 3.8) is 0 Å². The molecule has 0 N–H and O–H groups in total. The quantitative estimate of drug-likeness (QED) is 0.270. The highest BCUT2D eigenvalue weighted by atomic mass is 32.2. The zero-order chi connectivity index (χ0) is 18.4. The van der Waals surface area contributed by atoms with Crippen LogP contribution in [0.2, 0.25) is 0 Å². The molecule has 2 aromatic carbocycles. The molecule has 0 saturated carbocycles. The summed E-state index contributed by atoms with van der Waals surface area (Å²) in [5.41, 5.74) is 4.08. The third-order valence-corrected chi connectivity index (χ3v) is 6.89. The molecule has 1 heterocycles. The van der Waals surface area contributed by atoms with Crippen molar-refractivity contribution in [1.29, 1.82) is 0 Å². The number of rotatable bonds is 8. The van der Waals surface area contributed by atoms with Crippen LogP contribution in [-0.4, -0.2) is 27.5 Å². The Morgan fingerprint density at radius 3 is 2.12 bits per heavy atom. The third kappa shape index (κ3) is 5.30. The second kappa shape index (κ2) is 9.16. The fourth-order valence-electron chi connectivity index (χ4n) is 2.19. The Labute approximate surface area is 166 Å². The van der Waals surface area contributed by atoms with E-state index >= 15 is 0 Å². The van der Waals surface area contributed by atoms with E-state index in [2.05, 4.69) is 28.9 Å². The van der Waals surface area contributed by atoms with E-state index in [1.54, 1.807) is 11.8 Å². The maximum atomic E-state index is 12.4. The molecule has 0 atom stereocenters. The van der Waals surface area contributed by atoms with Gasteiger partial charge in [-0.15, -0.1) is 10.2 Å². The van der Waals surface area contributed by atoms with E-state index in [4.69, 9.17) is 0 Å². The number of carbonyl (C=O) groups is 1. The van der Waals surface area contributed by atoms with Gasteiger partial charge in [-0.05, 0) is 18.1 Å². The molecule has 0 unspecified atom stereocenters. The second-order valence-electron chi connectivity index (χ2n) is 5.73. The summed E-state index contributed by atoms with van der Waals surface area (Å²) < 4.78 is 1.73. The van der Waals surface area contributed by atoms with Gasteiger partial charge in [-0.25, -0.2) is 0 Å². The molecule has 132 valence electrons. The van der Waals surface area contributed by atoms with Gasteiger partial charge < -0.3 is 0 Å². The van der Waals surface area contributed by atoms with E-state index in [0.717, 1.165) is 36.7 Å². The summed E-state index contributed by atoms with van der Waals surface area (Å²) in [7, 11) is 0. The molecule has 0 aliphatic carbocycles. The second-order valence-corrected chi connectivity index (χ2v) is 9.16. The summed E-state index contributed by atoms with van der Waals surface area (Å²) in [5.74, 6) is 1.30. The Bertz CT molecular complexity index is 889. The van der Waals surface area contributed by atoms with Gasteiger partial charge in [-0.3, -0.25) is 4.79 Å². The maximum Gasteiger partial charge on any atom is 0.175 e. The molecule has 3 aromatic rings. The molecular formula is C20H18N2OS3. The molecular weight excluding hydrogens is 380 g/mol. The molecule has 26 heavy (non-hydrogen) atoms. The Morgan fingerprint density at radius 1 is 0.923 bits per heavy atom. The summed E-state index contributed by atoms with van der Waals surface area (Å²) in [6, 6.07) is 17.9. The number of ketones is 1. The minimum atomic E-state index is 0.0981. The van der Waals surface area contributed by atoms with Gasteiger partial charge in [0, 0.05) is 11.3 Å². The number of hydrogen-bond donors (Lipinski definition) is 0. The average Bonchev–Trinajstić information content (AvgIpc) is 3.13. The van der Waals surface area contributed by atoms with Crippen LogP contribution in [0.25, 0.3) is 11.1 Å². The number of hydrogen-bond acceptors (Lipinski definition) is 6. The van der Waals surface area contributed by atoms with Crippen LogP contribution in [0.15, 0.2) is 75.4 Å². The molecule has 0 aliphatic heterocycles. The monoisotopic (exact) mass is 398 g/mol. The van der Waals surface area contributed by atoms with Crippen LogP contribution in [0, 0.1) is 0 Å². The Hall–Kier alpha value is -1.89. The molecule has 0 fully saturated rings. The number of thioether (sulfide) groups is 2. The molecule has 0 saturated heterocycles. The van der Waals surface area contributed by atoms with Gasteiger partial charge in [0.15, 0.2) is 14.5 Å². The fourth-order valence-corrected chi connectivity index (χ4v) is 4.95. The molecule has 0 amide bonds. The van der Waals surface area contributed by atoms with Crippen LogP contribution in [0.5, 0.6) is 0 Å². The minimum absolute atomic E-state index is 0.0981. The first kappa shape index (κ1) is 18.9. The van der Waals surface area contributed by atoms with Gasteiger partial charge in [0.25, 0.3) is 0 Å². The molecule has 6 heteroatoms. The number of benzene rings is 2. The molecule has 0 spiro atoms. The summed E-state index contributed by atoms with van der Waals surface area (Å²) in [4.78, 5) is 12.4. The van der Waals surface area contributed by atoms with E-state index in [1.807, 2.05) is 49.4 Å². The van der Waals surface area contributed by atoms with Crippen molar-refractivity contribution in [2.45, 2.75) is 15.6 Å². The normalized spacial score (nSPS) is 10.7. The summed E-state index contributed by atoms with van der Waals surface area (Å²) in [5, 5.41) is 8.28. The third-order valence-electron chi connectivity index (χ3n) is 3.47. The van der Waals surface area contributed by atoms with Crippen molar-refractivity contribution in [2.75, 3.05) is 11.5 Å². The van der Waals surface area contributed by atoms with E-state index in [9.17, 15) is 4.79 Å². The molecule has 0 aliphatic rings. The molecule has 0 radical (unpaired) electrons. The number of aromatic nitrogens is 2. The van der Waals surface area contributed by atoms with Crippen LogP contribution in [-0.2, 0) is 0 Å². The van der Waals surface area contributed by atoms with Crippen LogP contribution < -0.4 is 0 Å².